The van der Waals surface area contributed by atoms with E-state index in [-0.39, 0.29) is 11.7 Å². The van der Waals surface area contributed by atoms with Crippen LogP contribution in [0.5, 0.6) is 0 Å². The SMILES string of the molecule is CC(C)(C)OC(=O)N1CC[C@@H](CCI)C1. The lowest BCUT2D eigenvalue weighted by molar-refractivity contribution is 0.0288. The van der Waals surface area contributed by atoms with Crippen LogP contribution in [0, 0.1) is 5.92 Å². The van der Waals surface area contributed by atoms with Gasteiger partial charge in [0.1, 0.15) is 5.60 Å². The van der Waals surface area contributed by atoms with Crippen LogP contribution in [0.2, 0.25) is 0 Å². The summed E-state index contributed by atoms with van der Waals surface area (Å²) >= 11 is 2.39. The first-order valence-electron chi connectivity index (χ1n) is 5.46. The number of amides is 1. The van der Waals surface area contributed by atoms with Crippen LogP contribution in [-0.2, 0) is 4.74 Å². The quantitative estimate of drug-likeness (QED) is 0.577. The molecule has 1 amide bonds. The molecule has 0 N–H and O–H groups in total. The third kappa shape index (κ3) is 4.57. The third-order valence-electron chi connectivity index (χ3n) is 2.45. The maximum absolute atomic E-state index is 11.7. The minimum atomic E-state index is -0.377. The van der Waals surface area contributed by atoms with Gasteiger partial charge in [0.2, 0.25) is 0 Å². The van der Waals surface area contributed by atoms with Gasteiger partial charge in [-0.2, -0.15) is 0 Å². The average molecular weight is 325 g/mol. The molecule has 0 saturated carbocycles. The highest BCUT2D eigenvalue weighted by molar-refractivity contribution is 14.1. The molecule has 0 bridgehead atoms. The van der Waals surface area contributed by atoms with E-state index in [0.29, 0.717) is 5.92 Å². The zero-order chi connectivity index (χ0) is 11.5. The van der Waals surface area contributed by atoms with Gasteiger partial charge in [0, 0.05) is 13.1 Å². The normalized spacial score (nSPS) is 21.9. The van der Waals surface area contributed by atoms with Gasteiger partial charge in [0.15, 0.2) is 0 Å². The van der Waals surface area contributed by atoms with Crippen LogP contribution in [0.15, 0.2) is 0 Å². The van der Waals surface area contributed by atoms with Crippen molar-refractivity contribution in [1.29, 1.82) is 0 Å². The first-order valence-corrected chi connectivity index (χ1v) is 6.99. The molecule has 1 saturated heterocycles. The van der Waals surface area contributed by atoms with Crippen LogP contribution in [0.3, 0.4) is 0 Å². The number of hydrogen-bond acceptors (Lipinski definition) is 2. The van der Waals surface area contributed by atoms with Crippen molar-refractivity contribution in [3.8, 4) is 0 Å². The van der Waals surface area contributed by atoms with Crippen molar-refractivity contribution in [1.82, 2.24) is 4.90 Å². The minimum absolute atomic E-state index is 0.154. The second-order valence-corrected chi connectivity index (χ2v) is 6.14. The summed E-state index contributed by atoms with van der Waals surface area (Å²) in [4.78, 5) is 13.5. The van der Waals surface area contributed by atoms with Crippen molar-refractivity contribution < 1.29 is 9.53 Å². The predicted molar refractivity (Wildman–Crippen MR) is 69.4 cm³/mol. The number of carbonyl (C=O) groups excluding carboxylic acids is 1. The van der Waals surface area contributed by atoms with Crippen LogP contribution in [0.25, 0.3) is 0 Å². The number of likely N-dealkylation sites (tertiary alicyclic amines) is 1. The van der Waals surface area contributed by atoms with Gasteiger partial charge in [-0.3, -0.25) is 0 Å². The van der Waals surface area contributed by atoms with Crippen molar-refractivity contribution in [3.63, 3.8) is 0 Å². The summed E-state index contributed by atoms with van der Waals surface area (Å²) in [6.07, 6.45) is 2.18. The van der Waals surface area contributed by atoms with Crippen LogP contribution in [0.4, 0.5) is 4.79 Å². The lowest BCUT2D eigenvalue weighted by Crippen LogP contribution is -2.35. The summed E-state index contributed by atoms with van der Waals surface area (Å²) < 4.78 is 6.50. The van der Waals surface area contributed by atoms with Crippen molar-refractivity contribution >= 4 is 28.7 Å². The summed E-state index contributed by atoms with van der Waals surface area (Å²) in [5.41, 5.74) is -0.377. The van der Waals surface area contributed by atoms with Gasteiger partial charge in [-0.25, -0.2) is 4.79 Å². The zero-order valence-electron chi connectivity index (χ0n) is 9.75. The molecule has 1 heterocycles. The lowest BCUT2D eigenvalue weighted by atomic mass is 10.1. The molecule has 88 valence electrons. The molecular formula is C11H20INO2. The van der Waals surface area contributed by atoms with Gasteiger partial charge in [-0.05, 0) is 44.0 Å². The maximum atomic E-state index is 11.7. The molecule has 4 heteroatoms. The fourth-order valence-electron chi connectivity index (χ4n) is 1.71. The topological polar surface area (TPSA) is 29.5 Å². The van der Waals surface area contributed by atoms with Gasteiger partial charge in [-0.1, -0.05) is 22.6 Å². The van der Waals surface area contributed by atoms with Crippen LogP contribution in [-0.4, -0.2) is 34.1 Å². The fraction of sp³-hybridized carbons (Fsp3) is 0.909. The molecule has 1 rings (SSSR count). The van der Waals surface area contributed by atoms with Gasteiger partial charge >= 0.3 is 6.09 Å². The second-order valence-electron chi connectivity index (χ2n) is 5.06. The molecule has 0 aromatic rings. The van der Waals surface area contributed by atoms with E-state index in [1.54, 1.807) is 0 Å². The number of ether oxygens (including phenoxy) is 1. The molecule has 1 atom stereocenters. The highest BCUT2D eigenvalue weighted by Gasteiger charge is 2.29. The van der Waals surface area contributed by atoms with Crippen LogP contribution < -0.4 is 0 Å². The lowest BCUT2D eigenvalue weighted by Gasteiger charge is -2.24. The van der Waals surface area contributed by atoms with E-state index in [2.05, 4.69) is 22.6 Å². The zero-order valence-corrected chi connectivity index (χ0v) is 11.9. The Morgan fingerprint density at radius 3 is 2.73 bits per heavy atom. The molecule has 15 heavy (non-hydrogen) atoms. The molecule has 3 nitrogen and oxygen atoms in total. The van der Waals surface area contributed by atoms with Crippen LogP contribution >= 0.6 is 22.6 Å². The molecule has 0 aromatic carbocycles. The fourth-order valence-corrected chi connectivity index (χ4v) is 2.60. The molecule has 1 aliphatic rings. The van der Waals surface area contributed by atoms with E-state index in [1.807, 2.05) is 25.7 Å². The molecule has 1 fully saturated rings. The highest BCUT2D eigenvalue weighted by atomic mass is 127. The van der Waals surface area contributed by atoms with Crippen molar-refractivity contribution in [3.05, 3.63) is 0 Å². The number of alkyl halides is 1. The molecule has 0 spiro atoms. The van der Waals surface area contributed by atoms with Gasteiger partial charge in [0.05, 0.1) is 0 Å². The summed E-state index contributed by atoms with van der Waals surface area (Å²) in [5.74, 6) is 0.675. The summed E-state index contributed by atoms with van der Waals surface area (Å²) in [6, 6.07) is 0. The van der Waals surface area contributed by atoms with E-state index in [4.69, 9.17) is 4.74 Å². The Kier molecular flexibility index (Phi) is 4.67. The number of nitrogens with zero attached hydrogens (tertiary/aromatic N) is 1. The van der Waals surface area contributed by atoms with Gasteiger partial charge < -0.3 is 9.64 Å². The van der Waals surface area contributed by atoms with Gasteiger partial charge in [-0.15, -0.1) is 0 Å². The number of hydrogen-bond donors (Lipinski definition) is 0. The molecule has 1 aliphatic heterocycles. The van der Waals surface area contributed by atoms with E-state index in [1.165, 1.54) is 10.8 Å². The maximum Gasteiger partial charge on any atom is 0.410 e. The number of halogens is 1. The van der Waals surface area contributed by atoms with Crippen LogP contribution in [0.1, 0.15) is 33.6 Å². The molecule has 0 aliphatic carbocycles. The summed E-state index contributed by atoms with van der Waals surface area (Å²) in [6.45, 7) is 7.45. The first-order chi connectivity index (χ1) is 6.92. The largest absolute Gasteiger partial charge is 0.444 e. The summed E-state index contributed by atoms with van der Waals surface area (Å²) in [5, 5.41) is 0. The molecule has 0 radical (unpaired) electrons. The van der Waals surface area contributed by atoms with E-state index in [9.17, 15) is 4.79 Å². The third-order valence-corrected chi connectivity index (χ3v) is 3.08. The molecule has 0 aromatic heterocycles. The second kappa shape index (κ2) is 5.37. The van der Waals surface area contributed by atoms with Crippen molar-refractivity contribution in [2.45, 2.75) is 39.2 Å². The predicted octanol–water partition coefficient (Wildman–Crippen LogP) is 3.07. The van der Waals surface area contributed by atoms with Gasteiger partial charge in [0.25, 0.3) is 0 Å². The highest BCUT2D eigenvalue weighted by Crippen LogP contribution is 2.22. The van der Waals surface area contributed by atoms with E-state index >= 15 is 0 Å². The average Bonchev–Trinajstić information content (AvgIpc) is 2.50. The number of rotatable bonds is 2. The molecule has 0 unspecified atom stereocenters. The van der Waals surface area contributed by atoms with E-state index in [0.717, 1.165) is 19.5 Å². The first kappa shape index (κ1) is 13.1. The van der Waals surface area contributed by atoms with E-state index < -0.39 is 0 Å². The molecular weight excluding hydrogens is 305 g/mol. The Morgan fingerprint density at radius 2 is 2.20 bits per heavy atom. The smallest absolute Gasteiger partial charge is 0.410 e. The Hall–Kier alpha value is 0. The van der Waals surface area contributed by atoms with Crippen molar-refractivity contribution in [2.24, 2.45) is 5.92 Å². The van der Waals surface area contributed by atoms with Crippen molar-refractivity contribution in [2.75, 3.05) is 17.5 Å². The summed E-state index contributed by atoms with van der Waals surface area (Å²) in [7, 11) is 0. The minimum Gasteiger partial charge on any atom is -0.444 e. The Bertz CT molecular complexity index is 225. The number of carbonyl (C=O) groups is 1. The Morgan fingerprint density at radius 1 is 1.53 bits per heavy atom. The standard InChI is InChI=1S/C11H20INO2/c1-11(2,3)15-10(14)13-7-5-9(8-13)4-6-12/h9H,4-8H2,1-3H3/t9-/m1/s1. The Labute approximate surface area is 106 Å². The Balaban J connectivity index is 2.37. The monoisotopic (exact) mass is 325 g/mol.